The average Bonchev–Trinajstić information content (AvgIpc) is 2.43. The Hall–Kier alpha value is -1.87. The van der Waals surface area contributed by atoms with Crippen molar-refractivity contribution in [3.8, 4) is 0 Å². The molecule has 2 aromatic carbocycles. The molecule has 0 aliphatic carbocycles. The normalized spacial score (nSPS) is 11.9. The standard InChI is InChI=1S/C15H13ClFNO/c1-10-7-8-12(9-13(10)17)18-15(19)14(16)11-5-3-2-4-6-11/h2-9,14H,1H3,(H,18,19). The van der Waals surface area contributed by atoms with E-state index < -0.39 is 5.38 Å². The van der Waals surface area contributed by atoms with Crippen molar-refractivity contribution >= 4 is 23.2 Å². The maximum absolute atomic E-state index is 13.4. The van der Waals surface area contributed by atoms with Crippen molar-refractivity contribution in [2.24, 2.45) is 0 Å². The number of hydrogen-bond donors (Lipinski definition) is 1. The molecular weight excluding hydrogens is 265 g/mol. The third-order valence-electron chi connectivity index (χ3n) is 2.76. The molecular formula is C15H13ClFNO. The van der Waals surface area contributed by atoms with Crippen molar-refractivity contribution in [1.82, 2.24) is 0 Å². The maximum atomic E-state index is 13.4. The minimum absolute atomic E-state index is 0.358. The highest BCUT2D eigenvalue weighted by molar-refractivity contribution is 6.32. The van der Waals surface area contributed by atoms with Gasteiger partial charge in [0.2, 0.25) is 5.91 Å². The van der Waals surface area contributed by atoms with E-state index in [4.69, 9.17) is 11.6 Å². The molecule has 2 aromatic rings. The number of halogens is 2. The van der Waals surface area contributed by atoms with Crippen molar-refractivity contribution < 1.29 is 9.18 Å². The van der Waals surface area contributed by atoms with Crippen LogP contribution >= 0.6 is 11.6 Å². The first-order chi connectivity index (χ1) is 9.08. The number of carbonyl (C=O) groups excluding carboxylic acids is 1. The summed E-state index contributed by atoms with van der Waals surface area (Å²) in [6.07, 6.45) is 0. The van der Waals surface area contributed by atoms with Gasteiger partial charge in [0.15, 0.2) is 0 Å². The summed E-state index contributed by atoms with van der Waals surface area (Å²) in [4.78, 5) is 11.9. The summed E-state index contributed by atoms with van der Waals surface area (Å²) in [5, 5.41) is 1.80. The second-order valence-electron chi connectivity index (χ2n) is 4.23. The first kappa shape index (κ1) is 13.6. The Morgan fingerprint density at radius 1 is 1.21 bits per heavy atom. The molecule has 1 atom stereocenters. The predicted octanol–water partition coefficient (Wildman–Crippen LogP) is 4.05. The van der Waals surface area contributed by atoms with Gasteiger partial charge in [-0.3, -0.25) is 4.79 Å². The molecule has 0 fully saturated rings. The zero-order valence-electron chi connectivity index (χ0n) is 10.4. The first-order valence-electron chi connectivity index (χ1n) is 5.84. The second-order valence-corrected chi connectivity index (χ2v) is 4.66. The number of alkyl halides is 1. The van der Waals surface area contributed by atoms with E-state index in [1.807, 2.05) is 18.2 Å². The first-order valence-corrected chi connectivity index (χ1v) is 6.27. The van der Waals surface area contributed by atoms with Crippen LogP contribution in [0.2, 0.25) is 0 Å². The number of hydrogen-bond acceptors (Lipinski definition) is 1. The fraction of sp³-hybridized carbons (Fsp3) is 0.133. The molecule has 0 saturated heterocycles. The largest absolute Gasteiger partial charge is 0.324 e. The van der Waals surface area contributed by atoms with Gasteiger partial charge in [-0.1, -0.05) is 36.4 Å². The zero-order valence-corrected chi connectivity index (χ0v) is 11.1. The molecule has 0 aliphatic rings. The summed E-state index contributed by atoms with van der Waals surface area (Å²) in [5.74, 6) is -0.736. The van der Waals surface area contributed by atoms with Crippen molar-refractivity contribution in [3.63, 3.8) is 0 Å². The molecule has 19 heavy (non-hydrogen) atoms. The molecule has 0 heterocycles. The van der Waals surface area contributed by atoms with E-state index in [1.165, 1.54) is 6.07 Å². The quantitative estimate of drug-likeness (QED) is 0.843. The number of benzene rings is 2. The van der Waals surface area contributed by atoms with E-state index in [2.05, 4.69) is 5.32 Å². The fourth-order valence-corrected chi connectivity index (χ4v) is 1.85. The van der Waals surface area contributed by atoms with E-state index in [9.17, 15) is 9.18 Å². The smallest absolute Gasteiger partial charge is 0.246 e. The van der Waals surface area contributed by atoms with Gasteiger partial charge in [-0.15, -0.1) is 11.6 Å². The zero-order chi connectivity index (χ0) is 13.8. The summed E-state index contributed by atoms with van der Waals surface area (Å²) >= 11 is 6.07. The highest BCUT2D eigenvalue weighted by atomic mass is 35.5. The minimum atomic E-state index is -0.800. The molecule has 0 radical (unpaired) electrons. The van der Waals surface area contributed by atoms with Gasteiger partial charge in [0.1, 0.15) is 11.2 Å². The van der Waals surface area contributed by atoms with E-state index in [-0.39, 0.29) is 11.7 Å². The lowest BCUT2D eigenvalue weighted by molar-refractivity contribution is -0.116. The lowest BCUT2D eigenvalue weighted by Crippen LogP contribution is -2.17. The number of carbonyl (C=O) groups is 1. The van der Waals surface area contributed by atoms with Crippen LogP contribution in [0.5, 0.6) is 0 Å². The van der Waals surface area contributed by atoms with Gasteiger partial charge >= 0.3 is 0 Å². The Bertz CT molecular complexity index is 586. The van der Waals surface area contributed by atoms with Crippen molar-refractivity contribution in [2.75, 3.05) is 5.32 Å². The van der Waals surface area contributed by atoms with E-state index >= 15 is 0 Å². The van der Waals surface area contributed by atoms with Gasteiger partial charge in [-0.2, -0.15) is 0 Å². The Kier molecular flexibility index (Phi) is 4.17. The number of aryl methyl sites for hydroxylation is 1. The van der Waals surface area contributed by atoms with Crippen LogP contribution in [0.4, 0.5) is 10.1 Å². The lowest BCUT2D eigenvalue weighted by Gasteiger charge is -2.11. The number of rotatable bonds is 3. The SMILES string of the molecule is Cc1ccc(NC(=O)C(Cl)c2ccccc2)cc1F. The molecule has 0 spiro atoms. The molecule has 98 valence electrons. The average molecular weight is 278 g/mol. The molecule has 1 N–H and O–H groups in total. The molecule has 2 rings (SSSR count). The highest BCUT2D eigenvalue weighted by Crippen LogP contribution is 2.22. The Labute approximate surface area is 116 Å². The van der Waals surface area contributed by atoms with Crippen LogP contribution in [0.25, 0.3) is 0 Å². The molecule has 0 aromatic heterocycles. The minimum Gasteiger partial charge on any atom is -0.324 e. The summed E-state index contributed by atoms with van der Waals surface area (Å²) < 4.78 is 13.4. The summed E-state index contributed by atoms with van der Waals surface area (Å²) in [5.41, 5.74) is 1.63. The van der Waals surface area contributed by atoms with E-state index in [0.717, 1.165) is 0 Å². The van der Waals surface area contributed by atoms with Gasteiger partial charge < -0.3 is 5.32 Å². The summed E-state index contributed by atoms with van der Waals surface area (Å²) in [6.45, 7) is 1.66. The molecule has 2 nitrogen and oxygen atoms in total. The summed E-state index contributed by atoms with van der Waals surface area (Å²) in [6, 6.07) is 13.5. The van der Waals surface area contributed by atoms with Crippen LogP contribution in [0.1, 0.15) is 16.5 Å². The number of amides is 1. The van der Waals surface area contributed by atoms with Crippen molar-refractivity contribution in [2.45, 2.75) is 12.3 Å². The van der Waals surface area contributed by atoms with Gasteiger partial charge in [-0.25, -0.2) is 4.39 Å². The number of anilines is 1. The van der Waals surface area contributed by atoms with E-state index in [0.29, 0.717) is 16.8 Å². The fourth-order valence-electron chi connectivity index (χ4n) is 1.65. The van der Waals surface area contributed by atoms with Gasteiger partial charge in [-0.05, 0) is 30.2 Å². The molecule has 1 amide bonds. The van der Waals surface area contributed by atoms with Crippen LogP contribution in [-0.4, -0.2) is 5.91 Å². The molecule has 0 bridgehead atoms. The monoisotopic (exact) mass is 277 g/mol. The van der Waals surface area contributed by atoms with Crippen molar-refractivity contribution in [3.05, 3.63) is 65.5 Å². The predicted molar refractivity (Wildman–Crippen MR) is 74.8 cm³/mol. The van der Waals surface area contributed by atoms with Crippen LogP contribution in [0.15, 0.2) is 48.5 Å². The van der Waals surface area contributed by atoms with Gasteiger partial charge in [0, 0.05) is 5.69 Å². The highest BCUT2D eigenvalue weighted by Gasteiger charge is 2.17. The summed E-state index contributed by atoms with van der Waals surface area (Å²) in [7, 11) is 0. The Morgan fingerprint density at radius 2 is 1.89 bits per heavy atom. The Balaban J connectivity index is 2.10. The molecule has 0 aliphatic heterocycles. The van der Waals surface area contributed by atoms with Crippen molar-refractivity contribution in [1.29, 1.82) is 0 Å². The second kappa shape index (κ2) is 5.85. The van der Waals surface area contributed by atoms with Crippen LogP contribution < -0.4 is 5.32 Å². The topological polar surface area (TPSA) is 29.1 Å². The number of nitrogens with one attached hydrogen (secondary N) is 1. The lowest BCUT2D eigenvalue weighted by atomic mass is 10.1. The maximum Gasteiger partial charge on any atom is 0.246 e. The third-order valence-corrected chi connectivity index (χ3v) is 3.21. The third kappa shape index (κ3) is 3.32. The Morgan fingerprint density at radius 3 is 2.53 bits per heavy atom. The molecule has 4 heteroatoms. The van der Waals surface area contributed by atoms with Crippen LogP contribution in [-0.2, 0) is 4.79 Å². The van der Waals surface area contributed by atoms with Crippen LogP contribution in [0.3, 0.4) is 0 Å². The van der Waals surface area contributed by atoms with Gasteiger partial charge in [0.05, 0.1) is 0 Å². The molecule has 0 saturated carbocycles. The van der Waals surface area contributed by atoms with Crippen LogP contribution in [0, 0.1) is 12.7 Å². The van der Waals surface area contributed by atoms with E-state index in [1.54, 1.807) is 31.2 Å². The molecule has 1 unspecified atom stereocenters. The van der Waals surface area contributed by atoms with Gasteiger partial charge in [0.25, 0.3) is 0 Å².